The van der Waals surface area contributed by atoms with Gasteiger partial charge in [-0.25, -0.2) is 26.9 Å². The third-order valence-corrected chi connectivity index (χ3v) is 9.27. The predicted octanol–water partition coefficient (Wildman–Crippen LogP) is 5.27. The van der Waals surface area contributed by atoms with Gasteiger partial charge in [0.15, 0.2) is 5.82 Å². The molecule has 1 aliphatic carbocycles. The SMILES string of the molecule is COc1ccncc1-c1cc2c(cnn2-c2cc(N3C[C@H](CS(C)(=O)=O)[C@H]3C)cc(C3=CCC(F)(F)CC3)n2)c(C)n1. The van der Waals surface area contributed by atoms with Gasteiger partial charge in [0.05, 0.1) is 41.5 Å². The largest absolute Gasteiger partial charge is 0.496 e. The molecule has 12 heteroatoms. The van der Waals surface area contributed by atoms with Crippen molar-refractivity contribution in [1.82, 2.24) is 24.7 Å². The summed E-state index contributed by atoms with van der Waals surface area (Å²) in [4.78, 5) is 16.1. The Balaban J connectivity index is 1.46. The van der Waals surface area contributed by atoms with E-state index in [1.54, 1.807) is 42.5 Å². The molecule has 0 N–H and O–H groups in total. The second-order valence-electron chi connectivity index (χ2n) is 11.3. The zero-order valence-corrected chi connectivity index (χ0v) is 24.7. The number of pyridine rings is 3. The van der Waals surface area contributed by atoms with Crippen molar-refractivity contribution in [1.29, 1.82) is 0 Å². The lowest BCUT2D eigenvalue weighted by Gasteiger charge is -2.48. The lowest BCUT2D eigenvalue weighted by atomic mass is 9.90. The van der Waals surface area contributed by atoms with Crippen LogP contribution in [0.1, 0.15) is 37.6 Å². The Kier molecular flexibility index (Phi) is 6.99. The lowest BCUT2D eigenvalue weighted by Crippen LogP contribution is -2.57. The van der Waals surface area contributed by atoms with Crippen molar-refractivity contribution in [3.8, 4) is 22.8 Å². The summed E-state index contributed by atoms with van der Waals surface area (Å²) < 4.78 is 59.1. The number of nitrogens with zero attached hydrogens (tertiary/aromatic N) is 6. The number of alkyl halides is 2. The zero-order chi connectivity index (χ0) is 29.8. The first-order valence-electron chi connectivity index (χ1n) is 13.8. The van der Waals surface area contributed by atoms with Gasteiger partial charge in [-0.15, -0.1) is 0 Å². The molecular weight excluding hydrogens is 562 g/mol. The number of sulfone groups is 1. The molecule has 0 bridgehead atoms. The van der Waals surface area contributed by atoms with Crippen LogP contribution in [0.5, 0.6) is 5.75 Å². The Hall–Kier alpha value is -3.93. The van der Waals surface area contributed by atoms with Crippen LogP contribution in [-0.2, 0) is 9.84 Å². The molecule has 0 unspecified atom stereocenters. The molecule has 6 rings (SSSR count). The number of hydrogen-bond donors (Lipinski definition) is 0. The van der Waals surface area contributed by atoms with Crippen LogP contribution in [-0.4, -0.2) is 70.8 Å². The smallest absolute Gasteiger partial charge is 0.251 e. The fourth-order valence-electron chi connectivity index (χ4n) is 5.83. The van der Waals surface area contributed by atoms with E-state index in [1.165, 1.54) is 6.26 Å². The van der Waals surface area contributed by atoms with Crippen molar-refractivity contribution in [2.45, 2.75) is 45.1 Å². The van der Waals surface area contributed by atoms with Crippen molar-refractivity contribution in [2.75, 3.05) is 30.6 Å². The fourth-order valence-corrected chi connectivity index (χ4v) is 6.99. The summed E-state index contributed by atoms with van der Waals surface area (Å²) in [5.74, 6) is -1.43. The molecule has 0 spiro atoms. The van der Waals surface area contributed by atoms with Gasteiger partial charge in [-0.1, -0.05) is 6.08 Å². The first-order chi connectivity index (χ1) is 19.9. The number of methoxy groups -OCH3 is 1. The Labute approximate surface area is 243 Å². The van der Waals surface area contributed by atoms with Gasteiger partial charge in [0.25, 0.3) is 5.92 Å². The lowest BCUT2D eigenvalue weighted by molar-refractivity contribution is -0.00605. The molecule has 5 heterocycles. The molecule has 0 radical (unpaired) electrons. The van der Waals surface area contributed by atoms with Crippen LogP contribution in [0.3, 0.4) is 0 Å². The van der Waals surface area contributed by atoms with E-state index in [0.717, 1.165) is 33.4 Å². The van der Waals surface area contributed by atoms with Crippen molar-refractivity contribution >= 4 is 32.0 Å². The molecule has 2 atom stereocenters. The summed E-state index contributed by atoms with van der Waals surface area (Å²) in [6.45, 7) is 4.49. The average molecular weight is 595 g/mol. The number of hydrogen-bond acceptors (Lipinski definition) is 8. The minimum Gasteiger partial charge on any atom is -0.496 e. The van der Waals surface area contributed by atoms with E-state index >= 15 is 0 Å². The second kappa shape index (κ2) is 10.4. The Bertz CT molecular complexity index is 1820. The van der Waals surface area contributed by atoms with Crippen LogP contribution in [0.25, 0.3) is 33.6 Å². The number of halogens is 2. The normalized spacial score (nSPS) is 20.3. The molecule has 0 saturated carbocycles. The number of ether oxygens (including phenoxy) is 1. The monoisotopic (exact) mass is 594 g/mol. The van der Waals surface area contributed by atoms with E-state index in [2.05, 4.69) is 15.0 Å². The van der Waals surface area contributed by atoms with E-state index in [1.807, 2.05) is 32.0 Å². The first-order valence-corrected chi connectivity index (χ1v) is 15.9. The first kappa shape index (κ1) is 28.2. The van der Waals surface area contributed by atoms with Crippen LogP contribution in [0.4, 0.5) is 14.5 Å². The molecule has 42 heavy (non-hydrogen) atoms. The number of rotatable bonds is 7. The molecule has 1 aliphatic heterocycles. The fraction of sp³-hybridized carbons (Fsp3) is 0.400. The highest BCUT2D eigenvalue weighted by atomic mass is 32.2. The number of allylic oxidation sites excluding steroid dienone is 2. The quantitative estimate of drug-likeness (QED) is 0.285. The van der Waals surface area contributed by atoms with Crippen LogP contribution < -0.4 is 9.64 Å². The van der Waals surface area contributed by atoms with Gasteiger partial charge in [0.2, 0.25) is 0 Å². The molecular formula is C30H32F2N6O3S. The summed E-state index contributed by atoms with van der Waals surface area (Å²) in [5, 5.41) is 5.51. The molecule has 0 amide bonds. The minimum absolute atomic E-state index is 0.00364. The molecule has 4 aromatic heterocycles. The maximum Gasteiger partial charge on any atom is 0.251 e. The standard InChI is InChI=1S/C30H32F2N6O3S/c1-18-23-15-34-38(27(23)13-26(35-18)24-14-33-10-7-28(24)41-3)29-12-22(37-16-21(19(37)2)17-42(4,39)40)11-25(36-29)20-5-8-30(31,32)9-6-20/h5,7,10-15,19,21H,6,8-9,16-17H2,1-4H3/t19-,21-/m1/s1. The summed E-state index contributed by atoms with van der Waals surface area (Å²) in [6, 6.07) is 7.51. The average Bonchev–Trinajstić information content (AvgIpc) is 3.39. The van der Waals surface area contributed by atoms with Gasteiger partial charge in [0, 0.05) is 72.8 Å². The number of aryl methyl sites for hydroxylation is 1. The highest BCUT2D eigenvalue weighted by Crippen LogP contribution is 2.39. The third-order valence-electron chi connectivity index (χ3n) is 8.24. The highest BCUT2D eigenvalue weighted by Gasteiger charge is 2.38. The van der Waals surface area contributed by atoms with Crippen molar-refractivity contribution in [3.63, 3.8) is 0 Å². The second-order valence-corrected chi connectivity index (χ2v) is 13.4. The van der Waals surface area contributed by atoms with E-state index in [-0.39, 0.29) is 37.0 Å². The summed E-state index contributed by atoms with van der Waals surface area (Å²) >= 11 is 0. The van der Waals surface area contributed by atoms with E-state index in [9.17, 15) is 17.2 Å². The number of fused-ring (bicyclic) bond motifs is 1. The molecule has 9 nitrogen and oxygen atoms in total. The van der Waals surface area contributed by atoms with Crippen LogP contribution in [0, 0.1) is 12.8 Å². The maximum atomic E-state index is 14.0. The Morgan fingerprint density at radius 1 is 1.14 bits per heavy atom. The Morgan fingerprint density at radius 3 is 2.64 bits per heavy atom. The summed E-state index contributed by atoms with van der Waals surface area (Å²) in [5.41, 5.74) is 5.16. The maximum absolute atomic E-state index is 14.0. The third kappa shape index (κ3) is 5.35. The molecule has 1 fully saturated rings. The van der Waals surface area contributed by atoms with Crippen LogP contribution in [0.2, 0.25) is 0 Å². The van der Waals surface area contributed by atoms with Gasteiger partial charge in [-0.2, -0.15) is 5.10 Å². The summed E-state index contributed by atoms with van der Waals surface area (Å²) in [6.07, 6.45) is 7.58. The van der Waals surface area contributed by atoms with Crippen molar-refractivity contribution in [3.05, 3.63) is 60.3 Å². The topological polar surface area (TPSA) is 103 Å². The highest BCUT2D eigenvalue weighted by molar-refractivity contribution is 7.90. The summed E-state index contributed by atoms with van der Waals surface area (Å²) in [7, 11) is -1.52. The van der Waals surface area contributed by atoms with Crippen molar-refractivity contribution < 1.29 is 21.9 Å². The van der Waals surface area contributed by atoms with Crippen molar-refractivity contribution in [2.24, 2.45) is 5.92 Å². The van der Waals surface area contributed by atoms with Gasteiger partial charge in [-0.05, 0) is 44.0 Å². The van der Waals surface area contributed by atoms with E-state index < -0.39 is 15.8 Å². The van der Waals surface area contributed by atoms with Gasteiger partial charge >= 0.3 is 0 Å². The van der Waals surface area contributed by atoms with E-state index in [0.29, 0.717) is 29.5 Å². The van der Waals surface area contributed by atoms with Crippen LogP contribution >= 0.6 is 0 Å². The zero-order valence-electron chi connectivity index (χ0n) is 23.9. The Morgan fingerprint density at radius 2 is 1.95 bits per heavy atom. The minimum atomic E-state index is -3.12. The number of anilines is 1. The van der Waals surface area contributed by atoms with Gasteiger partial charge < -0.3 is 9.64 Å². The van der Waals surface area contributed by atoms with Gasteiger partial charge in [-0.3, -0.25) is 9.97 Å². The molecule has 1 saturated heterocycles. The number of aromatic nitrogens is 5. The van der Waals surface area contributed by atoms with E-state index in [4.69, 9.17) is 14.7 Å². The molecule has 220 valence electrons. The molecule has 4 aromatic rings. The predicted molar refractivity (Wildman–Crippen MR) is 158 cm³/mol. The van der Waals surface area contributed by atoms with Crippen LogP contribution in [0.15, 0.2) is 48.9 Å². The molecule has 2 aliphatic rings. The molecule has 0 aromatic carbocycles. The van der Waals surface area contributed by atoms with Gasteiger partial charge in [0.1, 0.15) is 15.6 Å².